The molecule has 0 atom stereocenters. The van der Waals surface area contributed by atoms with Crippen molar-refractivity contribution in [3.8, 4) is 5.69 Å². The van der Waals surface area contributed by atoms with Crippen LogP contribution in [0.15, 0.2) is 28.7 Å². The van der Waals surface area contributed by atoms with Gasteiger partial charge in [0.2, 0.25) is 0 Å². The number of halogens is 1. The van der Waals surface area contributed by atoms with Gasteiger partial charge in [-0.3, -0.25) is 5.10 Å². The van der Waals surface area contributed by atoms with Crippen LogP contribution in [0.4, 0.5) is 5.82 Å². The van der Waals surface area contributed by atoms with Gasteiger partial charge in [0.05, 0.1) is 16.8 Å². The Morgan fingerprint density at radius 1 is 1.26 bits per heavy atom. The normalized spacial score (nSPS) is 11.6. The quantitative estimate of drug-likeness (QED) is 0.761. The average Bonchev–Trinajstić information content (AvgIpc) is 2.92. The maximum Gasteiger partial charge on any atom is 0.186 e. The summed E-state index contributed by atoms with van der Waals surface area (Å²) in [5.74, 6) is 0.862. The molecule has 0 unspecified atom stereocenters. The van der Waals surface area contributed by atoms with Gasteiger partial charge in [-0.25, -0.2) is 4.68 Å². The highest BCUT2D eigenvalue weighted by atomic mass is 79.9. The summed E-state index contributed by atoms with van der Waals surface area (Å²) in [5.41, 5.74) is 8.65. The van der Waals surface area contributed by atoms with Gasteiger partial charge in [0, 0.05) is 4.47 Å². The fourth-order valence-corrected chi connectivity index (χ4v) is 2.39. The van der Waals surface area contributed by atoms with E-state index in [0.717, 1.165) is 26.9 Å². The first-order valence-corrected chi connectivity index (χ1v) is 6.85. The number of hydrogen-bond donors (Lipinski definition) is 2. The first-order valence-electron chi connectivity index (χ1n) is 6.06. The highest BCUT2D eigenvalue weighted by molar-refractivity contribution is 9.10. The molecule has 0 bridgehead atoms. The van der Waals surface area contributed by atoms with Gasteiger partial charge in [-0.1, -0.05) is 29.8 Å². The topological polar surface area (TPSA) is 72.5 Å². The van der Waals surface area contributed by atoms with Gasteiger partial charge in [0.25, 0.3) is 0 Å². The van der Waals surface area contributed by atoms with Crippen molar-refractivity contribution in [3.05, 3.63) is 34.4 Å². The summed E-state index contributed by atoms with van der Waals surface area (Å²) in [4.78, 5) is 0. The highest BCUT2D eigenvalue weighted by Crippen LogP contribution is 2.29. The van der Waals surface area contributed by atoms with Crippen molar-refractivity contribution < 1.29 is 0 Å². The molecule has 3 rings (SSSR count). The smallest absolute Gasteiger partial charge is 0.186 e. The van der Waals surface area contributed by atoms with E-state index in [1.807, 2.05) is 28.9 Å². The SMILES string of the molecule is CC(C)c1nn(-c2ccc(Br)cc2)c2n[nH]c(N)c12. The summed E-state index contributed by atoms with van der Waals surface area (Å²) in [6.45, 7) is 4.19. The number of anilines is 1. The van der Waals surface area contributed by atoms with E-state index < -0.39 is 0 Å². The van der Waals surface area contributed by atoms with Gasteiger partial charge in [0.1, 0.15) is 5.82 Å². The summed E-state index contributed by atoms with van der Waals surface area (Å²) in [6, 6.07) is 7.94. The number of aromatic nitrogens is 4. The van der Waals surface area contributed by atoms with Crippen LogP contribution in [0.3, 0.4) is 0 Å². The van der Waals surface area contributed by atoms with Crippen LogP contribution in [0.2, 0.25) is 0 Å². The maximum absolute atomic E-state index is 5.95. The number of aromatic amines is 1. The van der Waals surface area contributed by atoms with Crippen LogP contribution in [-0.4, -0.2) is 20.0 Å². The lowest BCUT2D eigenvalue weighted by molar-refractivity contribution is 0.772. The minimum atomic E-state index is 0.291. The second-order valence-corrected chi connectivity index (χ2v) is 5.68. The summed E-state index contributed by atoms with van der Waals surface area (Å²) in [5, 5.41) is 12.7. The van der Waals surface area contributed by atoms with Crippen molar-refractivity contribution in [2.75, 3.05) is 5.73 Å². The van der Waals surface area contributed by atoms with Gasteiger partial charge in [-0.05, 0) is 30.2 Å². The van der Waals surface area contributed by atoms with Gasteiger partial charge in [-0.2, -0.15) is 10.2 Å². The fourth-order valence-electron chi connectivity index (χ4n) is 2.12. The standard InChI is InChI=1S/C13H14BrN5/c1-7(2)11-10-12(15)16-17-13(10)19(18-11)9-5-3-8(14)4-6-9/h3-7H,1-2H3,(H3,15,16,17). The van der Waals surface area contributed by atoms with Crippen molar-refractivity contribution in [2.45, 2.75) is 19.8 Å². The Kier molecular flexibility index (Phi) is 2.82. The molecule has 2 heterocycles. The highest BCUT2D eigenvalue weighted by Gasteiger charge is 2.19. The van der Waals surface area contributed by atoms with Gasteiger partial charge < -0.3 is 5.73 Å². The third-order valence-electron chi connectivity index (χ3n) is 3.06. The first kappa shape index (κ1) is 12.2. The maximum atomic E-state index is 5.95. The zero-order valence-electron chi connectivity index (χ0n) is 10.7. The molecule has 0 amide bonds. The zero-order chi connectivity index (χ0) is 13.6. The van der Waals surface area contributed by atoms with Gasteiger partial charge >= 0.3 is 0 Å². The van der Waals surface area contributed by atoms with Crippen LogP contribution in [-0.2, 0) is 0 Å². The molecule has 3 N–H and O–H groups in total. The van der Waals surface area contributed by atoms with Crippen LogP contribution < -0.4 is 5.73 Å². The summed E-state index contributed by atoms with van der Waals surface area (Å²) in [7, 11) is 0. The van der Waals surface area contributed by atoms with E-state index in [-0.39, 0.29) is 0 Å². The number of hydrogen-bond acceptors (Lipinski definition) is 3. The lowest BCUT2D eigenvalue weighted by Gasteiger charge is -2.02. The Labute approximate surface area is 118 Å². The van der Waals surface area contributed by atoms with Crippen LogP contribution in [0.5, 0.6) is 0 Å². The molecule has 0 aliphatic carbocycles. The number of nitrogens with one attached hydrogen (secondary N) is 1. The van der Waals surface area contributed by atoms with Gasteiger partial charge in [-0.15, -0.1) is 0 Å². The number of benzene rings is 1. The van der Waals surface area contributed by atoms with Crippen LogP contribution in [0, 0.1) is 0 Å². The number of rotatable bonds is 2. The summed E-state index contributed by atoms with van der Waals surface area (Å²) in [6.07, 6.45) is 0. The number of H-pyrrole nitrogens is 1. The lowest BCUT2D eigenvalue weighted by atomic mass is 10.1. The molecular weight excluding hydrogens is 306 g/mol. The van der Waals surface area contributed by atoms with E-state index in [0.29, 0.717) is 11.7 Å². The molecule has 0 saturated heterocycles. The molecule has 0 radical (unpaired) electrons. The predicted molar refractivity (Wildman–Crippen MR) is 79.4 cm³/mol. The van der Waals surface area contributed by atoms with E-state index in [9.17, 15) is 0 Å². The summed E-state index contributed by atoms with van der Waals surface area (Å²) >= 11 is 3.43. The molecular formula is C13H14BrN5. The zero-order valence-corrected chi connectivity index (χ0v) is 12.3. The molecule has 1 aromatic carbocycles. The Bertz CT molecular complexity index is 723. The largest absolute Gasteiger partial charge is 0.383 e. The van der Waals surface area contributed by atoms with Crippen molar-refractivity contribution in [2.24, 2.45) is 0 Å². The number of fused-ring (bicyclic) bond motifs is 1. The predicted octanol–water partition coefficient (Wildman–Crippen LogP) is 3.22. The van der Waals surface area contributed by atoms with E-state index in [1.54, 1.807) is 0 Å². The van der Waals surface area contributed by atoms with Crippen molar-refractivity contribution in [1.29, 1.82) is 0 Å². The van der Waals surface area contributed by atoms with Crippen LogP contribution in [0.25, 0.3) is 16.7 Å². The Balaban J connectivity index is 2.27. The summed E-state index contributed by atoms with van der Waals surface area (Å²) < 4.78 is 2.86. The third-order valence-corrected chi connectivity index (χ3v) is 3.59. The fraction of sp³-hybridized carbons (Fsp3) is 0.231. The molecule has 5 nitrogen and oxygen atoms in total. The molecule has 98 valence electrons. The second kappa shape index (κ2) is 4.38. The monoisotopic (exact) mass is 319 g/mol. The number of nitrogen functional groups attached to an aromatic ring is 1. The van der Waals surface area contributed by atoms with Crippen molar-refractivity contribution in [1.82, 2.24) is 20.0 Å². The Morgan fingerprint density at radius 3 is 2.58 bits per heavy atom. The van der Waals surface area contributed by atoms with Crippen molar-refractivity contribution in [3.63, 3.8) is 0 Å². The number of nitrogens with zero attached hydrogens (tertiary/aromatic N) is 3. The first-order chi connectivity index (χ1) is 9.08. The van der Waals surface area contributed by atoms with E-state index in [2.05, 4.69) is 45.1 Å². The third kappa shape index (κ3) is 1.92. The minimum Gasteiger partial charge on any atom is -0.383 e. The lowest BCUT2D eigenvalue weighted by Crippen LogP contribution is -1.99. The van der Waals surface area contributed by atoms with Gasteiger partial charge in [0.15, 0.2) is 5.65 Å². The molecule has 6 heteroatoms. The molecule has 0 spiro atoms. The second-order valence-electron chi connectivity index (χ2n) is 4.76. The Hall–Kier alpha value is -1.82. The molecule has 0 aliphatic rings. The van der Waals surface area contributed by atoms with E-state index in [1.165, 1.54) is 0 Å². The molecule has 19 heavy (non-hydrogen) atoms. The van der Waals surface area contributed by atoms with E-state index >= 15 is 0 Å². The Morgan fingerprint density at radius 2 is 1.95 bits per heavy atom. The molecule has 0 fully saturated rings. The number of nitrogens with two attached hydrogens (primary N) is 1. The van der Waals surface area contributed by atoms with Crippen molar-refractivity contribution >= 4 is 32.8 Å². The molecule has 0 saturated carbocycles. The van der Waals surface area contributed by atoms with Crippen LogP contribution >= 0.6 is 15.9 Å². The van der Waals surface area contributed by atoms with E-state index in [4.69, 9.17) is 5.73 Å². The average molecular weight is 320 g/mol. The molecule has 2 aromatic heterocycles. The van der Waals surface area contributed by atoms with Crippen LogP contribution in [0.1, 0.15) is 25.5 Å². The minimum absolute atomic E-state index is 0.291. The molecule has 3 aromatic rings. The molecule has 0 aliphatic heterocycles.